The molecule has 0 aliphatic heterocycles. The number of hydrogen-bond donors (Lipinski definition) is 0. The van der Waals surface area contributed by atoms with Crippen molar-refractivity contribution in [3.63, 3.8) is 0 Å². The molecule has 0 unspecified atom stereocenters. The van der Waals surface area contributed by atoms with Gasteiger partial charge in [0.25, 0.3) is 5.91 Å². The second-order valence-corrected chi connectivity index (χ2v) is 16.3. The van der Waals surface area contributed by atoms with E-state index < -0.39 is 26.1 Å². The molecule has 0 fully saturated rings. The number of carbonyl (C=O) groups excluding carboxylic acids is 1. The van der Waals surface area contributed by atoms with Gasteiger partial charge in [-0.1, -0.05) is 68.2 Å². The summed E-state index contributed by atoms with van der Waals surface area (Å²) in [5, 5.41) is 0.550. The number of rotatable bonds is 7. The van der Waals surface area contributed by atoms with Gasteiger partial charge < -0.3 is 4.43 Å². The maximum absolute atomic E-state index is 13.9. The third-order valence-electron chi connectivity index (χ3n) is 6.91. The van der Waals surface area contributed by atoms with Crippen LogP contribution in [0.1, 0.15) is 37.1 Å². The van der Waals surface area contributed by atoms with Gasteiger partial charge in [-0.05, 0) is 42.4 Å². The monoisotopic (exact) mass is 609 g/mol. The van der Waals surface area contributed by atoms with Crippen molar-refractivity contribution >= 4 is 54.1 Å². The minimum absolute atomic E-state index is 0.0146. The lowest BCUT2D eigenvalue weighted by Gasteiger charge is -2.36. The molecule has 0 N–H and O–H groups in total. The number of anilines is 1. The summed E-state index contributed by atoms with van der Waals surface area (Å²) in [6, 6.07) is 13.7. The molecule has 0 aliphatic rings. The normalized spacial score (nSPS) is 12.7. The fourth-order valence-electron chi connectivity index (χ4n) is 3.82. The van der Waals surface area contributed by atoms with Crippen LogP contribution in [0.3, 0.4) is 0 Å². The fourth-order valence-corrected chi connectivity index (χ4v) is 5.28. The molecule has 1 aromatic carbocycles. The van der Waals surface area contributed by atoms with E-state index >= 15 is 0 Å². The highest BCUT2D eigenvalue weighted by Crippen LogP contribution is 2.37. The smallest absolute Gasteiger partial charge is 0.415 e. The minimum Gasteiger partial charge on any atom is -0.415 e. The Bertz CT molecular complexity index is 1530. The van der Waals surface area contributed by atoms with E-state index in [1.54, 1.807) is 30.3 Å². The SMILES string of the molecule is CC(C)(C)[Si](C)(C)OCCN(C(=O)c1nc(Cl)cc(Cl)n1)c1cc2ccccc2n1-c1cccc(C(F)(F)F)n1. The molecule has 0 spiro atoms. The van der Waals surface area contributed by atoms with Gasteiger partial charge in [-0.25, -0.2) is 15.0 Å². The molecular weight excluding hydrogens is 582 g/mol. The van der Waals surface area contributed by atoms with Crippen molar-refractivity contribution in [2.45, 2.75) is 45.1 Å². The lowest BCUT2D eigenvalue weighted by molar-refractivity contribution is -0.141. The van der Waals surface area contributed by atoms with E-state index in [4.69, 9.17) is 27.6 Å². The predicted molar refractivity (Wildman–Crippen MR) is 153 cm³/mol. The number of fused-ring (bicyclic) bond motifs is 1. The number of halogens is 5. The molecule has 4 rings (SSSR count). The summed E-state index contributed by atoms with van der Waals surface area (Å²) in [5.74, 6) is -0.673. The Morgan fingerprint density at radius 2 is 1.62 bits per heavy atom. The van der Waals surface area contributed by atoms with Crippen LogP contribution in [0.25, 0.3) is 16.7 Å². The van der Waals surface area contributed by atoms with Crippen molar-refractivity contribution in [1.82, 2.24) is 19.5 Å². The Kier molecular flexibility index (Phi) is 8.33. The Labute approximate surface area is 241 Å². The van der Waals surface area contributed by atoms with E-state index in [1.807, 2.05) is 0 Å². The van der Waals surface area contributed by atoms with E-state index in [9.17, 15) is 18.0 Å². The highest BCUT2D eigenvalue weighted by Gasteiger charge is 2.38. The maximum Gasteiger partial charge on any atom is 0.433 e. The molecule has 3 aromatic heterocycles. The number of amides is 1. The number of aromatic nitrogens is 4. The Morgan fingerprint density at radius 1 is 0.975 bits per heavy atom. The van der Waals surface area contributed by atoms with Crippen molar-refractivity contribution < 1.29 is 22.4 Å². The molecule has 3 heterocycles. The van der Waals surface area contributed by atoms with Gasteiger partial charge in [0, 0.05) is 18.0 Å². The maximum atomic E-state index is 13.9. The van der Waals surface area contributed by atoms with Crippen molar-refractivity contribution in [3.05, 3.63) is 76.4 Å². The number of carbonyl (C=O) groups is 1. The molecule has 0 radical (unpaired) electrons. The standard InChI is InChI=1S/C27H28Cl2F3N5O2Si/c1-26(2,3)40(4,5)39-14-13-36(25(38)24-34-20(28)16-21(29)35-24)23-15-17-9-6-7-10-18(17)37(23)22-12-8-11-19(33-22)27(30,31)32/h6-12,15-16H,13-14H2,1-5H3. The first-order valence-electron chi connectivity index (χ1n) is 12.4. The summed E-state index contributed by atoms with van der Waals surface area (Å²) >= 11 is 12.1. The molecule has 0 saturated carbocycles. The van der Waals surface area contributed by atoms with E-state index in [-0.39, 0.29) is 46.0 Å². The largest absolute Gasteiger partial charge is 0.433 e. The molecule has 0 atom stereocenters. The van der Waals surface area contributed by atoms with E-state index in [0.29, 0.717) is 10.9 Å². The Hall–Kier alpha value is -2.99. The number of pyridine rings is 1. The van der Waals surface area contributed by atoms with E-state index in [1.165, 1.54) is 27.7 Å². The van der Waals surface area contributed by atoms with Gasteiger partial charge in [0.2, 0.25) is 5.82 Å². The van der Waals surface area contributed by atoms with Crippen molar-refractivity contribution in [1.29, 1.82) is 0 Å². The molecule has 212 valence electrons. The molecule has 0 aliphatic carbocycles. The third-order valence-corrected chi connectivity index (χ3v) is 11.8. The summed E-state index contributed by atoms with van der Waals surface area (Å²) in [6.07, 6.45) is -4.66. The number of nitrogens with zero attached hydrogens (tertiary/aromatic N) is 5. The first-order chi connectivity index (χ1) is 18.6. The zero-order chi connectivity index (χ0) is 29.5. The lowest BCUT2D eigenvalue weighted by atomic mass is 10.2. The predicted octanol–water partition coefficient (Wildman–Crippen LogP) is 7.81. The first kappa shape index (κ1) is 30.0. The minimum atomic E-state index is -4.66. The van der Waals surface area contributed by atoms with Crippen LogP contribution in [0, 0.1) is 0 Å². The zero-order valence-corrected chi connectivity index (χ0v) is 25.1. The van der Waals surface area contributed by atoms with E-state index in [0.717, 1.165) is 6.07 Å². The van der Waals surface area contributed by atoms with Crippen LogP contribution in [-0.2, 0) is 10.6 Å². The lowest BCUT2D eigenvalue weighted by Crippen LogP contribution is -2.44. The topological polar surface area (TPSA) is 73.1 Å². The molecule has 4 aromatic rings. The summed E-state index contributed by atoms with van der Waals surface area (Å²) in [5.41, 5.74) is -0.504. The van der Waals surface area contributed by atoms with Crippen molar-refractivity contribution in [2.75, 3.05) is 18.1 Å². The molecule has 13 heteroatoms. The number of benzene rings is 1. The molecule has 0 saturated heterocycles. The average molecular weight is 611 g/mol. The van der Waals surface area contributed by atoms with Crippen LogP contribution in [0.5, 0.6) is 0 Å². The van der Waals surface area contributed by atoms with Gasteiger partial charge in [0.1, 0.15) is 27.6 Å². The molecule has 1 amide bonds. The highest BCUT2D eigenvalue weighted by atomic mass is 35.5. The Morgan fingerprint density at radius 3 is 2.25 bits per heavy atom. The fraction of sp³-hybridized carbons (Fsp3) is 0.333. The molecular formula is C27H28Cl2F3N5O2Si. The van der Waals surface area contributed by atoms with Gasteiger partial charge in [0.05, 0.1) is 12.1 Å². The quantitative estimate of drug-likeness (QED) is 0.158. The van der Waals surface area contributed by atoms with Gasteiger partial charge in [0.15, 0.2) is 8.32 Å². The van der Waals surface area contributed by atoms with Crippen LogP contribution >= 0.6 is 23.2 Å². The summed E-state index contributed by atoms with van der Waals surface area (Å²) in [4.78, 5) is 27.3. The third kappa shape index (κ3) is 6.32. The van der Waals surface area contributed by atoms with Crippen LogP contribution in [0.2, 0.25) is 28.4 Å². The van der Waals surface area contributed by atoms with Gasteiger partial charge in [-0.2, -0.15) is 13.2 Å². The summed E-state index contributed by atoms with van der Waals surface area (Å²) in [7, 11) is -2.20. The number of alkyl halides is 3. The van der Waals surface area contributed by atoms with Crippen LogP contribution in [0.15, 0.2) is 54.6 Å². The Balaban J connectivity index is 1.88. The zero-order valence-electron chi connectivity index (χ0n) is 22.6. The van der Waals surface area contributed by atoms with Gasteiger partial charge in [-0.15, -0.1) is 0 Å². The second kappa shape index (κ2) is 11.1. The average Bonchev–Trinajstić information content (AvgIpc) is 3.23. The number of hydrogen-bond acceptors (Lipinski definition) is 5. The summed E-state index contributed by atoms with van der Waals surface area (Å²) < 4.78 is 48.6. The highest BCUT2D eigenvalue weighted by molar-refractivity contribution is 6.74. The second-order valence-electron chi connectivity index (χ2n) is 10.7. The molecule has 0 bridgehead atoms. The van der Waals surface area contributed by atoms with E-state index in [2.05, 4.69) is 48.8 Å². The molecule has 7 nitrogen and oxygen atoms in total. The first-order valence-corrected chi connectivity index (χ1v) is 16.1. The van der Waals surface area contributed by atoms with Crippen LogP contribution in [0.4, 0.5) is 19.0 Å². The van der Waals surface area contributed by atoms with Gasteiger partial charge in [-0.3, -0.25) is 14.3 Å². The molecule has 40 heavy (non-hydrogen) atoms. The van der Waals surface area contributed by atoms with Gasteiger partial charge >= 0.3 is 6.18 Å². The van der Waals surface area contributed by atoms with Crippen LogP contribution < -0.4 is 4.90 Å². The number of para-hydroxylation sites is 1. The summed E-state index contributed by atoms with van der Waals surface area (Å²) in [6.45, 7) is 10.7. The van der Waals surface area contributed by atoms with Crippen LogP contribution in [-0.4, -0.2) is 46.9 Å². The van der Waals surface area contributed by atoms with Crippen molar-refractivity contribution in [3.8, 4) is 5.82 Å². The van der Waals surface area contributed by atoms with Crippen molar-refractivity contribution in [2.24, 2.45) is 0 Å².